The van der Waals surface area contributed by atoms with E-state index in [0.29, 0.717) is 5.92 Å². The largest absolute Gasteiger partial charge is 0.469 e. The van der Waals surface area contributed by atoms with Crippen molar-refractivity contribution in [2.75, 3.05) is 7.11 Å². The minimum atomic E-state index is -0.151. The lowest BCUT2D eigenvalue weighted by Gasteiger charge is -2.15. The van der Waals surface area contributed by atoms with Crippen LogP contribution < -0.4 is 5.73 Å². The molecule has 3 unspecified atom stereocenters. The molecule has 1 fully saturated rings. The quantitative estimate of drug-likeness (QED) is 0.565. The predicted molar refractivity (Wildman–Crippen MR) is 41.9 cm³/mol. The Balaban J connectivity index is 2.54. The lowest BCUT2D eigenvalue weighted by atomic mass is 10.0. The lowest BCUT2D eigenvalue weighted by molar-refractivity contribution is -0.145. The molecule has 0 saturated heterocycles. The second kappa shape index (κ2) is 3.22. The van der Waals surface area contributed by atoms with Crippen LogP contribution >= 0.6 is 0 Å². The van der Waals surface area contributed by atoms with Crippen LogP contribution in [0.1, 0.15) is 19.8 Å². The summed E-state index contributed by atoms with van der Waals surface area (Å²) in [7, 11) is 1.41. The van der Waals surface area contributed by atoms with Gasteiger partial charge in [-0.25, -0.2) is 0 Å². The maximum absolute atomic E-state index is 11.1. The Morgan fingerprint density at radius 3 is 2.55 bits per heavy atom. The van der Waals surface area contributed by atoms with Crippen molar-refractivity contribution >= 4 is 5.97 Å². The number of hydrogen-bond acceptors (Lipinski definition) is 3. The Kier molecular flexibility index (Phi) is 2.49. The molecule has 0 heterocycles. The van der Waals surface area contributed by atoms with E-state index in [9.17, 15) is 4.79 Å². The summed E-state index contributed by atoms with van der Waals surface area (Å²) >= 11 is 0. The molecule has 1 rings (SSSR count). The van der Waals surface area contributed by atoms with E-state index in [1.165, 1.54) is 7.11 Å². The van der Waals surface area contributed by atoms with Gasteiger partial charge in [0, 0.05) is 6.04 Å². The Bertz CT molecular complexity index is 158. The van der Waals surface area contributed by atoms with Gasteiger partial charge in [0.1, 0.15) is 0 Å². The van der Waals surface area contributed by atoms with E-state index in [2.05, 4.69) is 11.7 Å². The zero-order valence-corrected chi connectivity index (χ0v) is 7.04. The smallest absolute Gasteiger partial charge is 0.310 e. The van der Waals surface area contributed by atoms with Crippen LogP contribution in [0.3, 0.4) is 0 Å². The van der Waals surface area contributed by atoms with Crippen LogP contribution in [0, 0.1) is 11.8 Å². The highest BCUT2D eigenvalue weighted by Gasteiger charge is 2.35. The third-order valence-electron chi connectivity index (χ3n) is 2.56. The van der Waals surface area contributed by atoms with Crippen LogP contribution in [-0.2, 0) is 9.53 Å². The van der Waals surface area contributed by atoms with E-state index in [4.69, 9.17) is 5.73 Å². The summed E-state index contributed by atoms with van der Waals surface area (Å²) < 4.78 is 4.63. The van der Waals surface area contributed by atoms with Crippen molar-refractivity contribution in [1.29, 1.82) is 0 Å². The molecule has 0 aromatic carbocycles. The second-order valence-corrected chi connectivity index (χ2v) is 3.26. The highest BCUT2D eigenvalue weighted by atomic mass is 16.5. The standard InChI is InChI=1S/C8H15NO2/c1-5-3-4-6(7(5)9)8(10)11-2/h5-7H,3-4,9H2,1-2H3. The molecule has 0 bridgehead atoms. The fourth-order valence-electron chi connectivity index (χ4n) is 1.65. The van der Waals surface area contributed by atoms with Crippen molar-refractivity contribution in [2.24, 2.45) is 17.6 Å². The van der Waals surface area contributed by atoms with Crippen LogP contribution in [0.2, 0.25) is 0 Å². The van der Waals surface area contributed by atoms with Gasteiger partial charge in [-0.2, -0.15) is 0 Å². The number of carbonyl (C=O) groups excluding carboxylic acids is 1. The topological polar surface area (TPSA) is 52.3 Å². The Morgan fingerprint density at radius 2 is 2.18 bits per heavy atom. The summed E-state index contributed by atoms with van der Waals surface area (Å²) in [5, 5.41) is 0. The SMILES string of the molecule is COC(=O)C1CCC(C)C1N. The monoisotopic (exact) mass is 157 g/mol. The molecule has 3 nitrogen and oxygen atoms in total. The van der Waals surface area contributed by atoms with Crippen LogP contribution in [0.5, 0.6) is 0 Å². The van der Waals surface area contributed by atoms with Crippen molar-refractivity contribution < 1.29 is 9.53 Å². The summed E-state index contributed by atoms with van der Waals surface area (Å²) in [6.45, 7) is 2.08. The molecule has 0 spiro atoms. The average Bonchev–Trinajstić information content (AvgIpc) is 2.32. The number of hydrogen-bond donors (Lipinski definition) is 1. The van der Waals surface area contributed by atoms with Gasteiger partial charge in [0.05, 0.1) is 13.0 Å². The second-order valence-electron chi connectivity index (χ2n) is 3.26. The summed E-state index contributed by atoms with van der Waals surface area (Å²) in [6, 6.07) is 0.00227. The normalized spacial score (nSPS) is 37.2. The minimum absolute atomic E-state index is 0.00227. The predicted octanol–water partition coefficient (Wildman–Crippen LogP) is 0.533. The Hall–Kier alpha value is -0.570. The molecular formula is C8H15NO2. The summed E-state index contributed by atoms with van der Waals surface area (Å²) in [4.78, 5) is 11.1. The van der Waals surface area contributed by atoms with E-state index in [1.807, 2.05) is 0 Å². The van der Waals surface area contributed by atoms with E-state index in [-0.39, 0.29) is 17.9 Å². The molecule has 1 saturated carbocycles. The van der Waals surface area contributed by atoms with Gasteiger partial charge in [-0.15, -0.1) is 0 Å². The van der Waals surface area contributed by atoms with E-state index < -0.39 is 0 Å². The molecule has 64 valence electrons. The highest BCUT2D eigenvalue weighted by molar-refractivity contribution is 5.73. The fraction of sp³-hybridized carbons (Fsp3) is 0.875. The highest BCUT2D eigenvalue weighted by Crippen LogP contribution is 2.29. The fourth-order valence-corrected chi connectivity index (χ4v) is 1.65. The summed E-state index contributed by atoms with van der Waals surface area (Å²) in [5.41, 5.74) is 5.80. The molecule has 0 aromatic rings. The van der Waals surface area contributed by atoms with Gasteiger partial charge >= 0.3 is 5.97 Å². The van der Waals surface area contributed by atoms with Crippen LogP contribution in [0.4, 0.5) is 0 Å². The van der Waals surface area contributed by atoms with Crippen molar-refractivity contribution in [2.45, 2.75) is 25.8 Å². The molecule has 0 aromatic heterocycles. The molecule has 0 amide bonds. The summed E-state index contributed by atoms with van der Waals surface area (Å²) in [5.74, 6) is 0.246. The van der Waals surface area contributed by atoms with Gasteiger partial charge < -0.3 is 10.5 Å². The summed E-state index contributed by atoms with van der Waals surface area (Å²) in [6.07, 6.45) is 1.93. The van der Waals surface area contributed by atoms with Crippen LogP contribution in [-0.4, -0.2) is 19.1 Å². The van der Waals surface area contributed by atoms with Gasteiger partial charge in [-0.3, -0.25) is 4.79 Å². The van der Waals surface area contributed by atoms with Gasteiger partial charge in [0.15, 0.2) is 0 Å². The van der Waals surface area contributed by atoms with Crippen molar-refractivity contribution in [3.63, 3.8) is 0 Å². The van der Waals surface area contributed by atoms with Gasteiger partial charge in [-0.05, 0) is 18.8 Å². The Labute approximate surface area is 66.9 Å². The first-order chi connectivity index (χ1) is 5.16. The minimum Gasteiger partial charge on any atom is -0.469 e. The number of esters is 1. The molecule has 3 atom stereocenters. The van der Waals surface area contributed by atoms with Crippen molar-refractivity contribution in [3.8, 4) is 0 Å². The molecule has 1 aliphatic rings. The van der Waals surface area contributed by atoms with Crippen molar-refractivity contribution in [1.82, 2.24) is 0 Å². The van der Waals surface area contributed by atoms with Gasteiger partial charge in [-0.1, -0.05) is 6.92 Å². The van der Waals surface area contributed by atoms with Gasteiger partial charge in [0.2, 0.25) is 0 Å². The molecule has 11 heavy (non-hydrogen) atoms. The van der Waals surface area contributed by atoms with Crippen molar-refractivity contribution in [3.05, 3.63) is 0 Å². The first-order valence-corrected chi connectivity index (χ1v) is 4.00. The number of methoxy groups -OCH3 is 1. The molecular weight excluding hydrogens is 142 g/mol. The molecule has 1 aliphatic carbocycles. The first-order valence-electron chi connectivity index (χ1n) is 4.00. The van der Waals surface area contributed by atoms with Crippen LogP contribution in [0.15, 0.2) is 0 Å². The maximum Gasteiger partial charge on any atom is 0.310 e. The molecule has 0 aliphatic heterocycles. The number of carbonyl (C=O) groups is 1. The van der Waals surface area contributed by atoms with E-state index >= 15 is 0 Å². The number of rotatable bonds is 1. The molecule has 3 heteroatoms. The average molecular weight is 157 g/mol. The van der Waals surface area contributed by atoms with E-state index in [0.717, 1.165) is 12.8 Å². The Morgan fingerprint density at radius 1 is 1.55 bits per heavy atom. The number of nitrogens with two attached hydrogens (primary N) is 1. The third kappa shape index (κ3) is 1.53. The molecule has 0 radical (unpaired) electrons. The zero-order chi connectivity index (χ0) is 8.43. The van der Waals surface area contributed by atoms with E-state index in [1.54, 1.807) is 0 Å². The zero-order valence-electron chi connectivity index (χ0n) is 7.04. The number of ether oxygens (including phenoxy) is 1. The lowest BCUT2D eigenvalue weighted by Crippen LogP contribution is -2.35. The molecule has 2 N–H and O–H groups in total. The third-order valence-corrected chi connectivity index (χ3v) is 2.56. The van der Waals surface area contributed by atoms with Gasteiger partial charge in [0.25, 0.3) is 0 Å². The first kappa shape index (κ1) is 8.53. The maximum atomic E-state index is 11.1. The van der Waals surface area contributed by atoms with Crippen LogP contribution in [0.25, 0.3) is 0 Å².